The molecule has 0 saturated heterocycles. The lowest BCUT2D eigenvalue weighted by molar-refractivity contribution is -0.138. The lowest BCUT2D eigenvalue weighted by Crippen LogP contribution is -2.16. The molecule has 0 fully saturated rings. The van der Waals surface area contributed by atoms with E-state index in [9.17, 15) is 4.79 Å². The van der Waals surface area contributed by atoms with E-state index >= 15 is 0 Å². The van der Waals surface area contributed by atoms with Gasteiger partial charge in [0.1, 0.15) is 0 Å². The van der Waals surface area contributed by atoms with Crippen LogP contribution in [0.1, 0.15) is 13.8 Å². The van der Waals surface area contributed by atoms with E-state index in [0.29, 0.717) is 12.2 Å². The first-order valence-electron chi connectivity index (χ1n) is 3.92. The van der Waals surface area contributed by atoms with Crippen LogP contribution in [-0.4, -0.2) is 20.0 Å². The van der Waals surface area contributed by atoms with E-state index < -0.39 is 7.38 Å². The topological polar surface area (TPSA) is 26.3 Å². The van der Waals surface area contributed by atoms with E-state index in [2.05, 4.69) is 0 Å². The fourth-order valence-electron chi connectivity index (χ4n) is 0.819. The highest BCUT2D eigenvalue weighted by Gasteiger charge is 2.16. The Hall–Kier alpha value is -0.283. The molecule has 70 valence electrons. The van der Waals surface area contributed by atoms with Crippen molar-refractivity contribution in [2.75, 3.05) is 6.61 Å². The van der Waals surface area contributed by atoms with Gasteiger partial charge in [0.05, 0.1) is 6.61 Å². The normalized spacial score (nSPS) is 12.9. The summed E-state index contributed by atoms with van der Waals surface area (Å²) in [6.45, 7) is 7.84. The van der Waals surface area contributed by atoms with Gasteiger partial charge in [-0.1, -0.05) is 18.8 Å². The lowest BCUT2D eigenvalue weighted by Gasteiger charge is -2.08. The van der Waals surface area contributed by atoms with Crippen LogP contribution in [0.15, 0.2) is 11.3 Å². The molecule has 0 unspecified atom stereocenters. The Balaban J connectivity index is 4.28. The van der Waals surface area contributed by atoms with Crippen molar-refractivity contribution in [2.24, 2.45) is 0 Å². The average Bonchev–Trinajstić information content (AvgIpc) is 1.84. The first-order valence-corrected chi connectivity index (χ1v) is 8.01. The predicted molar refractivity (Wildman–Crippen MR) is 53.7 cm³/mol. The van der Waals surface area contributed by atoms with Gasteiger partial charge in [0.2, 0.25) is 0 Å². The van der Waals surface area contributed by atoms with Gasteiger partial charge in [-0.25, -0.2) is 4.79 Å². The van der Waals surface area contributed by atoms with Crippen LogP contribution in [0.2, 0.25) is 13.1 Å². The first kappa shape index (κ1) is 11.7. The van der Waals surface area contributed by atoms with Crippen molar-refractivity contribution in [3.8, 4) is 0 Å². The third-order valence-electron chi connectivity index (χ3n) is 1.16. The number of carbonyl (C=O) groups is 1. The fraction of sp³-hybridized carbons (Fsp3) is 0.625. The number of hydrogen-bond donors (Lipinski definition) is 0. The highest BCUT2D eigenvalue weighted by atomic mass is 35.6. The summed E-state index contributed by atoms with van der Waals surface area (Å²) < 4.78 is 4.81. The van der Waals surface area contributed by atoms with E-state index in [1.807, 2.05) is 18.8 Å². The van der Waals surface area contributed by atoms with Crippen molar-refractivity contribution in [3.63, 3.8) is 0 Å². The highest BCUT2D eigenvalue weighted by Crippen LogP contribution is 2.12. The summed E-state index contributed by atoms with van der Waals surface area (Å²) in [7, 11) is -1.80. The van der Waals surface area contributed by atoms with Crippen LogP contribution in [0.4, 0.5) is 0 Å². The maximum absolute atomic E-state index is 11.1. The minimum atomic E-state index is -1.80. The van der Waals surface area contributed by atoms with Gasteiger partial charge in [-0.05, 0) is 13.8 Å². The van der Waals surface area contributed by atoms with Crippen LogP contribution in [0.3, 0.4) is 0 Å². The van der Waals surface area contributed by atoms with E-state index in [1.165, 1.54) is 0 Å². The maximum Gasteiger partial charge on any atom is 0.333 e. The van der Waals surface area contributed by atoms with Crippen LogP contribution in [-0.2, 0) is 9.53 Å². The SMILES string of the molecule is CCOC(=O)/C(C)=C/[Si](C)(C)Cl. The standard InChI is InChI=1S/C8H15ClO2Si/c1-5-11-8(10)7(2)6-12(3,4)9/h6H,5H2,1-4H3/b7-6+. The highest BCUT2D eigenvalue weighted by molar-refractivity contribution is 7.22. The van der Waals surface area contributed by atoms with Crippen molar-refractivity contribution in [1.82, 2.24) is 0 Å². The van der Waals surface area contributed by atoms with Gasteiger partial charge in [-0.2, -0.15) is 11.1 Å². The Morgan fingerprint density at radius 1 is 1.58 bits per heavy atom. The number of ether oxygens (including phenoxy) is 1. The number of halogens is 1. The van der Waals surface area contributed by atoms with Crippen LogP contribution < -0.4 is 0 Å². The van der Waals surface area contributed by atoms with Crippen molar-refractivity contribution in [1.29, 1.82) is 0 Å². The Morgan fingerprint density at radius 3 is 2.42 bits per heavy atom. The molecule has 0 aliphatic carbocycles. The van der Waals surface area contributed by atoms with E-state index in [4.69, 9.17) is 15.8 Å². The zero-order valence-electron chi connectivity index (χ0n) is 7.98. The molecular weight excluding hydrogens is 192 g/mol. The second-order valence-electron chi connectivity index (χ2n) is 3.11. The summed E-state index contributed by atoms with van der Waals surface area (Å²) in [4.78, 5) is 11.1. The predicted octanol–water partition coefficient (Wildman–Crippen LogP) is 2.48. The molecule has 0 N–H and O–H groups in total. The van der Waals surface area contributed by atoms with Gasteiger partial charge in [0.25, 0.3) is 0 Å². The number of carbonyl (C=O) groups excluding carboxylic acids is 1. The summed E-state index contributed by atoms with van der Waals surface area (Å²) >= 11 is 6.03. The van der Waals surface area contributed by atoms with Crippen molar-refractivity contribution in [2.45, 2.75) is 26.9 Å². The Morgan fingerprint density at radius 2 is 2.08 bits per heavy atom. The van der Waals surface area contributed by atoms with Crippen molar-refractivity contribution >= 4 is 24.4 Å². The van der Waals surface area contributed by atoms with Crippen molar-refractivity contribution in [3.05, 3.63) is 11.3 Å². The van der Waals surface area contributed by atoms with Gasteiger partial charge in [-0.15, -0.1) is 0 Å². The molecule has 0 aliphatic rings. The molecule has 0 aromatic heterocycles. The van der Waals surface area contributed by atoms with Crippen LogP contribution in [0, 0.1) is 0 Å². The first-order chi connectivity index (χ1) is 5.37. The molecule has 0 aromatic rings. The molecule has 0 radical (unpaired) electrons. The monoisotopic (exact) mass is 206 g/mol. The largest absolute Gasteiger partial charge is 0.463 e. The molecule has 0 spiro atoms. The summed E-state index contributed by atoms with van der Waals surface area (Å²) in [5.41, 5.74) is 2.44. The zero-order valence-corrected chi connectivity index (χ0v) is 9.73. The molecule has 12 heavy (non-hydrogen) atoms. The van der Waals surface area contributed by atoms with E-state index in [-0.39, 0.29) is 5.97 Å². The third-order valence-corrected chi connectivity index (χ3v) is 2.60. The molecule has 0 bridgehead atoms. The summed E-state index contributed by atoms with van der Waals surface area (Å²) in [6.07, 6.45) is 0. The van der Waals surface area contributed by atoms with E-state index in [0.717, 1.165) is 0 Å². The van der Waals surface area contributed by atoms with Gasteiger partial charge in [-0.3, -0.25) is 0 Å². The average molecular weight is 207 g/mol. The third kappa shape index (κ3) is 5.38. The molecule has 0 amide bonds. The zero-order chi connectivity index (χ0) is 9.78. The lowest BCUT2D eigenvalue weighted by atomic mass is 10.4. The van der Waals surface area contributed by atoms with Crippen LogP contribution in [0.5, 0.6) is 0 Å². The summed E-state index contributed by atoms with van der Waals surface area (Å²) in [5.74, 6) is -0.265. The maximum atomic E-state index is 11.1. The fourth-order valence-corrected chi connectivity index (χ4v) is 2.46. The summed E-state index contributed by atoms with van der Waals surface area (Å²) in [6, 6.07) is 0. The minimum Gasteiger partial charge on any atom is -0.463 e. The Kier molecular flexibility index (Phi) is 4.56. The Labute approximate surface area is 79.3 Å². The van der Waals surface area contributed by atoms with Gasteiger partial charge in [0, 0.05) is 5.57 Å². The molecular formula is C8H15ClO2Si. The smallest absolute Gasteiger partial charge is 0.333 e. The molecule has 2 nitrogen and oxygen atoms in total. The second-order valence-corrected chi connectivity index (χ2v) is 9.45. The molecule has 0 heterocycles. The molecule has 0 aromatic carbocycles. The molecule has 0 rings (SSSR count). The Bertz CT molecular complexity index is 194. The van der Waals surface area contributed by atoms with Gasteiger partial charge in [0.15, 0.2) is 7.38 Å². The molecule has 4 heteroatoms. The van der Waals surface area contributed by atoms with Crippen LogP contribution in [0.25, 0.3) is 0 Å². The molecule has 0 atom stereocenters. The number of esters is 1. The molecule has 0 aliphatic heterocycles. The number of hydrogen-bond acceptors (Lipinski definition) is 2. The number of rotatable bonds is 3. The minimum absolute atomic E-state index is 0.265. The van der Waals surface area contributed by atoms with Gasteiger partial charge >= 0.3 is 5.97 Å². The second kappa shape index (κ2) is 4.67. The van der Waals surface area contributed by atoms with Gasteiger partial charge < -0.3 is 4.74 Å². The quantitative estimate of drug-likeness (QED) is 0.307. The molecule has 0 saturated carbocycles. The summed E-state index contributed by atoms with van der Waals surface area (Å²) in [5, 5.41) is 0. The van der Waals surface area contributed by atoms with Crippen LogP contribution >= 0.6 is 11.1 Å². The van der Waals surface area contributed by atoms with Crippen molar-refractivity contribution < 1.29 is 9.53 Å². The van der Waals surface area contributed by atoms with E-state index in [1.54, 1.807) is 13.8 Å².